The van der Waals surface area contributed by atoms with E-state index in [0.29, 0.717) is 6.61 Å². The van der Waals surface area contributed by atoms with E-state index in [2.05, 4.69) is 20.9 Å². The number of anilines is 1. The van der Waals surface area contributed by atoms with Crippen molar-refractivity contribution in [3.63, 3.8) is 0 Å². The van der Waals surface area contributed by atoms with Crippen molar-refractivity contribution in [2.75, 3.05) is 51.3 Å². The number of pyridine rings is 1. The molecule has 2 aromatic rings. The number of rotatable bonds is 6. The molecule has 2 heterocycles. The standard InChI is InChI=1S/C18H23N3O2/c1-22-16-5-7-17(8-6-16)23-15-14-20-10-12-21(13-11-20)18-4-2-3-9-19-18/h2-9H,10-15H2,1H3. The van der Waals surface area contributed by atoms with Crippen LogP contribution in [0.2, 0.25) is 0 Å². The maximum atomic E-state index is 5.80. The van der Waals surface area contributed by atoms with Crippen LogP contribution in [0.1, 0.15) is 0 Å². The fraction of sp³-hybridized carbons (Fsp3) is 0.389. The molecule has 3 rings (SSSR count). The van der Waals surface area contributed by atoms with E-state index < -0.39 is 0 Å². The molecule has 0 unspecified atom stereocenters. The van der Waals surface area contributed by atoms with Crippen LogP contribution in [-0.2, 0) is 0 Å². The van der Waals surface area contributed by atoms with Gasteiger partial charge >= 0.3 is 0 Å². The molecule has 23 heavy (non-hydrogen) atoms. The minimum atomic E-state index is 0.704. The Morgan fingerprint density at radius 1 is 0.957 bits per heavy atom. The average molecular weight is 313 g/mol. The summed E-state index contributed by atoms with van der Waals surface area (Å²) in [5.74, 6) is 2.81. The number of piperazine rings is 1. The van der Waals surface area contributed by atoms with Crippen molar-refractivity contribution in [3.05, 3.63) is 48.7 Å². The third-order valence-electron chi connectivity index (χ3n) is 4.08. The molecule has 1 aliphatic heterocycles. The van der Waals surface area contributed by atoms with Gasteiger partial charge in [-0.2, -0.15) is 0 Å². The number of benzene rings is 1. The van der Waals surface area contributed by atoms with Gasteiger partial charge < -0.3 is 14.4 Å². The van der Waals surface area contributed by atoms with Crippen LogP contribution in [0.25, 0.3) is 0 Å². The van der Waals surface area contributed by atoms with Crippen LogP contribution in [0.5, 0.6) is 11.5 Å². The molecule has 5 heteroatoms. The van der Waals surface area contributed by atoms with Crippen molar-refractivity contribution in [3.8, 4) is 11.5 Å². The molecular formula is C18H23N3O2. The predicted molar refractivity (Wildman–Crippen MR) is 91.4 cm³/mol. The van der Waals surface area contributed by atoms with Gasteiger partial charge in [-0.05, 0) is 36.4 Å². The lowest BCUT2D eigenvalue weighted by atomic mass is 10.3. The molecule has 122 valence electrons. The molecule has 1 fully saturated rings. The highest BCUT2D eigenvalue weighted by Gasteiger charge is 2.17. The molecule has 0 bridgehead atoms. The van der Waals surface area contributed by atoms with E-state index in [-0.39, 0.29) is 0 Å². The van der Waals surface area contributed by atoms with Gasteiger partial charge in [0.1, 0.15) is 23.9 Å². The van der Waals surface area contributed by atoms with E-state index in [0.717, 1.165) is 50.0 Å². The summed E-state index contributed by atoms with van der Waals surface area (Å²) in [6, 6.07) is 13.8. The van der Waals surface area contributed by atoms with Gasteiger partial charge in [0.25, 0.3) is 0 Å². The lowest BCUT2D eigenvalue weighted by Crippen LogP contribution is -2.47. The first kappa shape index (κ1) is 15.6. The van der Waals surface area contributed by atoms with Crippen molar-refractivity contribution in [2.24, 2.45) is 0 Å². The van der Waals surface area contributed by atoms with Crippen molar-refractivity contribution in [1.82, 2.24) is 9.88 Å². The minimum Gasteiger partial charge on any atom is -0.497 e. The van der Waals surface area contributed by atoms with Gasteiger partial charge in [0.2, 0.25) is 0 Å². The first-order chi connectivity index (χ1) is 11.3. The van der Waals surface area contributed by atoms with E-state index in [1.54, 1.807) is 7.11 Å². The Morgan fingerprint density at radius 3 is 2.35 bits per heavy atom. The molecule has 0 atom stereocenters. The summed E-state index contributed by atoms with van der Waals surface area (Å²) < 4.78 is 10.9. The van der Waals surface area contributed by atoms with E-state index in [9.17, 15) is 0 Å². The predicted octanol–water partition coefficient (Wildman–Crippen LogP) is 2.29. The third-order valence-corrected chi connectivity index (χ3v) is 4.08. The van der Waals surface area contributed by atoms with Crippen molar-refractivity contribution in [2.45, 2.75) is 0 Å². The van der Waals surface area contributed by atoms with Crippen LogP contribution in [0.3, 0.4) is 0 Å². The van der Waals surface area contributed by atoms with E-state index in [1.165, 1.54) is 0 Å². The largest absolute Gasteiger partial charge is 0.497 e. The minimum absolute atomic E-state index is 0.704. The third kappa shape index (κ3) is 4.36. The zero-order valence-corrected chi connectivity index (χ0v) is 13.5. The highest BCUT2D eigenvalue weighted by Crippen LogP contribution is 2.17. The number of methoxy groups -OCH3 is 1. The SMILES string of the molecule is COc1ccc(OCCN2CCN(c3ccccn3)CC2)cc1. The highest BCUT2D eigenvalue weighted by molar-refractivity contribution is 5.38. The van der Waals surface area contributed by atoms with Crippen molar-refractivity contribution < 1.29 is 9.47 Å². The second-order valence-corrected chi connectivity index (χ2v) is 5.54. The van der Waals surface area contributed by atoms with E-state index in [1.807, 2.05) is 42.6 Å². The summed E-state index contributed by atoms with van der Waals surface area (Å²) in [4.78, 5) is 9.18. The monoisotopic (exact) mass is 313 g/mol. The maximum absolute atomic E-state index is 5.80. The Bertz CT molecular complexity index is 581. The van der Waals surface area contributed by atoms with E-state index >= 15 is 0 Å². The number of nitrogens with zero attached hydrogens (tertiary/aromatic N) is 3. The second-order valence-electron chi connectivity index (χ2n) is 5.54. The van der Waals surface area contributed by atoms with Gasteiger partial charge in [0.05, 0.1) is 7.11 Å². The summed E-state index contributed by atoms with van der Waals surface area (Å²) >= 11 is 0. The summed E-state index contributed by atoms with van der Waals surface area (Å²) in [6.45, 7) is 5.77. The molecule has 1 aromatic carbocycles. The van der Waals surface area contributed by atoms with Crippen LogP contribution >= 0.6 is 0 Å². The van der Waals surface area contributed by atoms with Gasteiger partial charge in [-0.25, -0.2) is 4.98 Å². The normalized spacial score (nSPS) is 15.4. The van der Waals surface area contributed by atoms with Gasteiger partial charge in [-0.1, -0.05) is 6.07 Å². The Labute approximate surface area is 137 Å². The lowest BCUT2D eigenvalue weighted by molar-refractivity contribution is 0.200. The molecule has 1 aliphatic rings. The summed E-state index contributed by atoms with van der Waals surface area (Å²) in [6.07, 6.45) is 1.85. The Morgan fingerprint density at radius 2 is 1.70 bits per heavy atom. The summed E-state index contributed by atoms with van der Waals surface area (Å²) in [7, 11) is 1.67. The molecule has 0 radical (unpaired) electrons. The fourth-order valence-electron chi connectivity index (χ4n) is 2.71. The topological polar surface area (TPSA) is 37.8 Å². The zero-order valence-electron chi connectivity index (χ0n) is 13.5. The van der Waals surface area contributed by atoms with Crippen molar-refractivity contribution in [1.29, 1.82) is 0 Å². The fourth-order valence-corrected chi connectivity index (χ4v) is 2.71. The van der Waals surface area contributed by atoms with Gasteiger partial charge in [0, 0.05) is 38.9 Å². The van der Waals surface area contributed by atoms with Crippen LogP contribution in [-0.4, -0.2) is 56.3 Å². The van der Waals surface area contributed by atoms with Crippen LogP contribution in [0, 0.1) is 0 Å². The number of hydrogen-bond donors (Lipinski definition) is 0. The molecule has 0 spiro atoms. The molecule has 1 saturated heterocycles. The first-order valence-corrected chi connectivity index (χ1v) is 8.00. The van der Waals surface area contributed by atoms with Gasteiger partial charge in [-0.3, -0.25) is 4.90 Å². The van der Waals surface area contributed by atoms with E-state index in [4.69, 9.17) is 9.47 Å². The summed E-state index contributed by atoms with van der Waals surface area (Å²) in [5, 5.41) is 0. The molecule has 0 N–H and O–H groups in total. The number of aromatic nitrogens is 1. The lowest BCUT2D eigenvalue weighted by Gasteiger charge is -2.35. The Balaban J connectivity index is 1.39. The Hall–Kier alpha value is -2.27. The maximum Gasteiger partial charge on any atom is 0.128 e. The molecule has 5 nitrogen and oxygen atoms in total. The molecule has 1 aromatic heterocycles. The summed E-state index contributed by atoms with van der Waals surface area (Å²) in [5.41, 5.74) is 0. The number of ether oxygens (including phenoxy) is 2. The van der Waals surface area contributed by atoms with Crippen molar-refractivity contribution >= 4 is 5.82 Å². The smallest absolute Gasteiger partial charge is 0.128 e. The van der Waals surface area contributed by atoms with Gasteiger partial charge in [0.15, 0.2) is 0 Å². The molecular weight excluding hydrogens is 290 g/mol. The first-order valence-electron chi connectivity index (χ1n) is 8.00. The number of hydrogen-bond acceptors (Lipinski definition) is 5. The zero-order chi connectivity index (χ0) is 15.9. The molecule has 0 amide bonds. The Kier molecular flexibility index (Phi) is 5.32. The highest BCUT2D eigenvalue weighted by atomic mass is 16.5. The quantitative estimate of drug-likeness (QED) is 0.818. The molecule has 0 aliphatic carbocycles. The average Bonchev–Trinajstić information content (AvgIpc) is 2.64. The van der Waals surface area contributed by atoms with Gasteiger partial charge in [-0.15, -0.1) is 0 Å². The second kappa shape index (κ2) is 7.83. The molecule has 0 saturated carbocycles. The van der Waals surface area contributed by atoms with Crippen LogP contribution in [0.4, 0.5) is 5.82 Å². The van der Waals surface area contributed by atoms with Crippen LogP contribution in [0.15, 0.2) is 48.7 Å². The van der Waals surface area contributed by atoms with Crippen LogP contribution < -0.4 is 14.4 Å².